The standard InChI is InChI=1S/C23H24N4O2S/c1-30-21-12-6-5-11-20(21)29-23-19(10-7-13-24-23)22(25-28)27-16-14-26(15-17-27)18-8-3-2-4-9-18/h2-13,28H,14-17H2,1H3/b25-22-. The maximum atomic E-state index is 9.85. The van der Waals surface area contributed by atoms with Gasteiger partial charge < -0.3 is 19.7 Å². The third-order valence-electron chi connectivity index (χ3n) is 5.08. The maximum Gasteiger partial charge on any atom is 0.230 e. The summed E-state index contributed by atoms with van der Waals surface area (Å²) in [5.74, 6) is 1.64. The lowest BCUT2D eigenvalue weighted by Crippen LogP contribution is -2.49. The molecule has 0 unspecified atom stereocenters. The predicted molar refractivity (Wildman–Crippen MR) is 121 cm³/mol. The predicted octanol–water partition coefficient (Wildman–Crippen LogP) is 4.55. The summed E-state index contributed by atoms with van der Waals surface area (Å²) in [6, 6.07) is 21.9. The van der Waals surface area contributed by atoms with Gasteiger partial charge in [-0.3, -0.25) is 0 Å². The molecule has 1 N–H and O–H groups in total. The first-order valence-corrected chi connectivity index (χ1v) is 11.1. The average molecular weight is 421 g/mol. The van der Waals surface area contributed by atoms with Crippen LogP contribution in [-0.2, 0) is 0 Å². The number of para-hydroxylation sites is 2. The Labute approximate surface area is 180 Å². The molecule has 1 aliphatic rings. The zero-order valence-electron chi connectivity index (χ0n) is 16.8. The van der Waals surface area contributed by atoms with Crippen molar-refractivity contribution in [2.24, 2.45) is 5.16 Å². The first-order chi connectivity index (χ1) is 14.8. The highest BCUT2D eigenvalue weighted by atomic mass is 32.2. The Morgan fingerprint density at radius 3 is 2.43 bits per heavy atom. The lowest BCUT2D eigenvalue weighted by atomic mass is 10.2. The van der Waals surface area contributed by atoms with Crippen molar-refractivity contribution < 1.29 is 9.94 Å². The zero-order valence-corrected chi connectivity index (χ0v) is 17.6. The smallest absolute Gasteiger partial charge is 0.230 e. The lowest BCUT2D eigenvalue weighted by Gasteiger charge is -2.37. The molecule has 1 saturated heterocycles. The minimum Gasteiger partial charge on any atom is -0.437 e. The summed E-state index contributed by atoms with van der Waals surface area (Å²) in [6.07, 6.45) is 3.69. The number of ether oxygens (including phenoxy) is 1. The highest BCUT2D eigenvalue weighted by molar-refractivity contribution is 7.98. The monoisotopic (exact) mass is 420 g/mol. The highest BCUT2D eigenvalue weighted by Crippen LogP contribution is 2.32. The van der Waals surface area contributed by atoms with Gasteiger partial charge in [-0.1, -0.05) is 35.5 Å². The Morgan fingerprint density at radius 1 is 0.967 bits per heavy atom. The summed E-state index contributed by atoms with van der Waals surface area (Å²) in [5.41, 5.74) is 1.88. The van der Waals surface area contributed by atoms with Crippen molar-refractivity contribution >= 4 is 23.3 Å². The molecule has 3 aromatic rings. The van der Waals surface area contributed by atoms with Crippen molar-refractivity contribution in [3.05, 3.63) is 78.5 Å². The van der Waals surface area contributed by atoms with Crippen LogP contribution in [0.3, 0.4) is 0 Å². The van der Waals surface area contributed by atoms with Gasteiger partial charge in [0.1, 0.15) is 5.75 Å². The number of benzene rings is 2. The number of piperazine rings is 1. The van der Waals surface area contributed by atoms with Gasteiger partial charge in [0.25, 0.3) is 0 Å². The third-order valence-corrected chi connectivity index (χ3v) is 5.86. The molecule has 6 nitrogen and oxygen atoms in total. The molecule has 0 saturated carbocycles. The second-order valence-corrected chi connectivity index (χ2v) is 7.69. The van der Waals surface area contributed by atoms with E-state index >= 15 is 0 Å². The molecular weight excluding hydrogens is 396 g/mol. The average Bonchev–Trinajstić information content (AvgIpc) is 2.82. The summed E-state index contributed by atoms with van der Waals surface area (Å²) >= 11 is 1.61. The van der Waals surface area contributed by atoms with Crippen molar-refractivity contribution in [2.45, 2.75) is 4.90 Å². The van der Waals surface area contributed by atoms with Crippen LogP contribution in [-0.4, -0.2) is 53.4 Å². The van der Waals surface area contributed by atoms with Gasteiger partial charge in [-0.15, -0.1) is 11.8 Å². The summed E-state index contributed by atoms with van der Waals surface area (Å²) in [6.45, 7) is 3.16. The summed E-state index contributed by atoms with van der Waals surface area (Å²) in [4.78, 5) is 9.84. The van der Waals surface area contributed by atoms with Crippen LogP contribution in [0.1, 0.15) is 5.56 Å². The number of thioether (sulfide) groups is 1. The van der Waals surface area contributed by atoms with E-state index in [4.69, 9.17) is 4.74 Å². The minimum atomic E-state index is 0.428. The van der Waals surface area contributed by atoms with E-state index in [0.717, 1.165) is 36.8 Å². The second-order valence-electron chi connectivity index (χ2n) is 6.84. The first kappa shape index (κ1) is 20.1. The van der Waals surface area contributed by atoms with Crippen molar-refractivity contribution in [3.8, 4) is 11.6 Å². The molecule has 2 aromatic carbocycles. The molecule has 1 aliphatic heterocycles. The summed E-state index contributed by atoms with van der Waals surface area (Å²) in [5, 5.41) is 13.5. The van der Waals surface area contributed by atoms with Gasteiger partial charge in [0.2, 0.25) is 5.88 Å². The molecule has 0 atom stereocenters. The molecule has 2 heterocycles. The maximum absolute atomic E-state index is 9.85. The number of nitrogens with zero attached hydrogens (tertiary/aromatic N) is 4. The summed E-state index contributed by atoms with van der Waals surface area (Å²) in [7, 11) is 0. The number of pyridine rings is 1. The number of hydrogen-bond donors (Lipinski definition) is 1. The lowest BCUT2D eigenvalue weighted by molar-refractivity contribution is 0.295. The fourth-order valence-electron chi connectivity index (χ4n) is 3.55. The number of aromatic nitrogens is 1. The van der Waals surface area contributed by atoms with Gasteiger partial charge in [0.15, 0.2) is 5.84 Å². The van der Waals surface area contributed by atoms with Crippen molar-refractivity contribution in [3.63, 3.8) is 0 Å². The third kappa shape index (κ3) is 4.36. The van der Waals surface area contributed by atoms with Gasteiger partial charge >= 0.3 is 0 Å². The fourth-order valence-corrected chi connectivity index (χ4v) is 4.08. The SMILES string of the molecule is CSc1ccccc1Oc1ncccc1/C(=N/O)N1CCN(c2ccccc2)CC1. The van der Waals surface area contributed by atoms with Crippen LogP contribution in [0, 0.1) is 0 Å². The molecule has 30 heavy (non-hydrogen) atoms. The Kier molecular flexibility index (Phi) is 6.39. The van der Waals surface area contributed by atoms with Crippen LogP contribution >= 0.6 is 11.8 Å². The molecule has 0 bridgehead atoms. The number of oxime groups is 1. The molecule has 154 valence electrons. The van der Waals surface area contributed by atoms with E-state index in [1.807, 2.05) is 60.9 Å². The normalized spacial score (nSPS) is 14.6. The van der Waals surface area contributed by atoms with Gasteiger partial charge in [0.05, 0.1) is 5.56 Å². The van der Waals surface area contributed by atoms with Gasteiger partial charge in [-0.25, -0.2) is 4.98 Å². The largest absolute Gasteiger partial charge is 0.437 e. The van der Waals surface area contributed by atoms with Crippen LogP contribution in [0.15, 0.2) is 83.0 Å². The molecule has 4 rings (SSSR count). The Bertz CT molecular complexity index is 1000. The van der Waals surface area contributed by atoms with E-state index in [1.165, 1.54) is 5.69 Å². The molecule has 1 fully saturated rings. The van der Waals surface area contributed by atoms with Crippen LogP contribution in [0.2, 0.25) is 0 Å². The molecular formula is C23H24N4O2S. The van der Waals surface area contributed by atoms with Gasteiger partial charge in [0, 0.05) is 43.0 Å². The van der Waals surface area contributed by atoms with Crippen LogP contribution in [0.4, 0.5) is 5.69 Å². The zero-order chi connectivity index (χ0) is 20.8. The number of anilines is 1. The van der Waals surface area contributed by atoms with Crippen molar-refractivity contribution in [1.29, 1.82) is 0 Å². The van der Waals surface area contributed by atoms with E-state index in [2.05, 4.69) is 32.1 Å². The van der Waals surface area contributed by atoms with E-state index < -0.39 is 0 Å². The van der Waals surface area contributed by atoms with Gasteiger partial charge in [-0.05, 0) is 42.7 Å². The van der Waals surface area contributed by atoms with Gasteiger partial charge in [-0.2, -0.15) is 0 Å². The highest BCUT2D eigenvalue weighted by Gasteiger charge is 2.24. The second kappa shape index (κ2) is 9.54. The van der Waals surface area contributed by atoms with E-state index in [0.29, 0.717) is 17.3 Å². The molecule has 1 aromatic heterocycles. The minimum absolute atomic E-state index is 0.428. The van der Waals surface area contributed by atoms with E-state index in [-0.39, 0.29) is 0 Å². The van der Waals surface area contributed by atoms with Crippen LogP contribution < -0.4 is 9.64 Å². The summed E-state index contributed by atoms with van der Waals surface area (Å²) < 4.78 is 6.13. The quantitative estimate of drug-likeness (QED) is 0.215. The Morgan fingerprint density at radius 2 is 1.70 bits per heavy atom. The molecule has 0 spiro atoms. The van der Waals surface area contributed by atoms with Crippen LogP contribution in [0.5, 0.6) is 11.6 Å². The van der Waals surface area contributed by atoms with Crippen molar-refractivity contribution in [1.82, 2.24) is 9.88 Å². The topological polar surface area (TPSA) is 61.2 Å². The molecule has 0 amide bonds. The number of hydrogen-bond acceptors (Lipinski definition) is 6. The van der Waals surface area contributed by atoms with E-state index in [1.54, 1.807) is 18.0 Å². The van der Waals surface area contributed by atoms with E-state index in [9.17, 15) is 5.21 Å². The molecule has 0 aliphatic carbocycles. The van der Waals surface area contributed by atoms with Crippen LogP contribution in [0.25, 0.3) is 0 Å². The Hall–Kier alpha value is -3.19. The fraction of sp³-hybridized carbons (Fsp3) is 0.217. The molecule has 7 heteroatoms. The number of rotatable bonds is 5. The Balaban J connectivity index is 1.53. The number of amidine groups is 1. The first-order valence-electron chi connectivity index (χ1n) is 9.83. The van der Waals surface area contributed by atoms with Crippen molar-refractivity contribution in [2.75, 3.05) is 37.3 Å². The molecule has 0 radical (unpaired) electrons.